The lowest BCUT2D eigenvalue weighted by atomic mass is 10.0. The number of nitrogens with zero attached hydrogens (tertiary/aromatic N) is 1. The molecule has 5 heteroatoms. The molecule has 21 heavy (non-hydrogen) atoms. The number of hydrogen-bond donors (Lipinski definition) is 1. The van der Waals surface area contributed by atoms with Gasteiger partial charge in [-0.1, -0.05) is 6.07 Å². The van der Waals surface area contributed by atoms with Crippen LogP contribution in [-0.4, -0.2) is 0 Å². The van der Waals surface area contributed by atoms with Gasteiger partial charge in [-0.25, -0.2) is 8.78 Å². The van der Waals surface area contributed by atoms with E-state index in [-0.39, 0.29) is 11.3 Å². The van der Waals surface area contributed by atoms with Crippen LogP contribution in [0.1, 0.15) is 29.7 Å². The molecule has 0 heterocycles. The first-order valence-electron chi connectivity index (χ1n) is 6.36. The molecule has 1 unspecified atom stereocenters. The number of rotatable bonds is 3. The van der Waals surface area contributed by atoms with Gasteiger partial charge in [-0.3, -0.25) is 0 Å². The van der Waals surface area contributed by atoms with E-state index in [0.29, 0.717) is 16.9 Å². The highest BCUT2D eigenvalue weighted by atomic mass is 19.1. The van der Waals surface area contributed by atoms with Crippen LogP contribution in [0.15, 0.2) is 30.3 Å². The maximum absolute atomic E-state index is 13.6. The number of halogens is 2. The van der Waals surface area contributed by atoms with Crippen molar-refractivity contribution in [3.05, 3.63) is 58.7 Å². The van der Waals surface area contributed by atoms with Gasteiger partial charge in [-0.05, 0) is 43.7 Å². The predicted octanol–water partition coefficient (Wildman–Crippen LogP) is 3.96. The third-order valence-electron chi connectivity index (χ3n) is 3.09. The van der Waals surface area contributed by atoms with Crippen LogP contribution >= 0.6 is 0 Å². The fourth-order valence-corrected chi connectivity index (χ4v) is 1.93. The average molecular weight is 288 g/mol. The summed E-state index contributed by atoms with van der Waals surface area (Å²) in [5, 5.41) is 9.00. The zero-order valence-electron chi connectivity index (χ0n) is 11.7. The summed E-state index contributed by atoms with van der Waals surface area (Å²) in [5.74, 6) is -0.679. The molecule has 108 valence electrons. The Balaban J connectivity index is 2.52. The maximum Gasteiger partial charge on any atom is 0.148 e. The molecular weight excluding hydrogens is 274 g/mol. The molecule has 0 radical (unpaired) electrons. The second-order valence-electron chi connectivity index (χ2n) is 4.75. The van der Waals surface area contributed by atoms with Gasteiger partial charge in [0.15, 0.2) is 0 Å². The van der Waals surface area contributed by atoms with Crippen molar-refractivity contribution < 1.29 is 13.5 Å². The average Bonchev–Trinajstić information content (AvgIpc) is 2.42. The predicted molar refractivity (Wildman–Crippen MR) is 74.9 cm³/mol. The van der Waals surface area contributed by atoms with Crippen LogP contribution in [0, 0.1) is 29.9 Å². The molecule has 1 atom stereocenters. The van der Waals surface area contributed by atoms with E-state index in [9.17, 15) is 8.78 Å². The highest BCUT2D eigenvalue weighted by Crippen LogP contribution is 2.33. The van der Waals surface area contributed by atoms with Crippen LogP contribution < -0.4 is 10.5 Å². The van der Waals surface area contributed by atoms with Gasteiger partial charge in [0.25, 0.3) is 0 Å². The minimum absolute atomic E-state index is 0.0745. The van der Waals surface area contributed by atoms with Crippen molar-refractivity contribution in [3.63, 3.8) is 0 Å². The summed E-state index contributed by atoms with van der Waals surface area (Å²) in [4.78, 5) is 0. The lowest BCUT2D eigenvalue weighted by molar-refractivity contribution is 0.461. The van der Waals surface area contributed by atoms with Gasteiger partial charge < -0.3 is 10.5 Å². The number of ether oxygens (including phenoxy) is 1. The van der Waals surface area contributed by atoms with Crippen molar-refractivity contribution in [2.75, 3.05) is 0 Å². The molecule has 2 aromatic carbocycles. The monoisotopic (exact) mass is 288 g/mol. The fourth-order valence-electron chi connectivity index (χ4n) is 1.93. The first kappa shape index (κ1) is 14.9. The summed E-state index contributed by atoms with van der Waals surface area (Å²) in [7, 11) is 0. The Morgan fingerprint density at radius 1 is 1.19 bits per heavy atom. The summed E-state index contributed by atoms with van der Waals surface area (Å²) >= 11 is 0. The topological polar surface area (TPSA) is 59.0 Å². The Labute approximate surface area is 121 Å². The summed E-state index contributed by atoms with van der Waals surface area (Å²) in [5.41, 5.74) is 6.43. The Morgan fingerprint density at radius 2 is 1.90 bits per heavy atom. The number of nitrogens with two attached hydrogens (primary N) is 1. The van der Waals surface area contributed by atoms with Gasteiger partial charge in [-0.15, -0.1) is 0 Å². The molecule has 0 aliphatic carbocycles. The smallest absolute Gasteiger partial charge is 0.148 e. The summed E-state index contributed by atoms with van der Waals surface area (Å²) < 4.78 is 32.8. The van der Waals surface area contributed by atoms with Gasteiger partial charge >= 0.3 is 0 Å². The van der Waals surface area contributed by atoms with E-state index in [4.69, 9.17) is 15.7 Å². The van der Waals surface area contributed by atoms with Crippen molar-refractivity contribution >= 4 is 0 Å². The SMILES string of the molecule is Cc1cc(Oc2cccc(F)c2C#N)c(C(C)N)cc1F. The summed E-state index contributed by atoms with van der Waals surface area (Å²) in [6, 6.07) is 8.16. The van der Waals surface area contributed by atoms with Crippen LogP contribution in [0.25, 0.3) is 0 Å². The lowest BCUT2D eigenvalue weighted by Crippen LogP contribution is -2.08. The third kappa shape index (κ3) is 3.01. The number of aryl methyl sites for hydroxylation is 1. The van der Waals surface area contributed by atoms with E-state index >= 15 is 0 Å². The van der Waals surface area contributed by atoms with Crippen LogP contribution in [0.5, 0.6) is 11.5 Å². The summed E-state index contributed by atoms with van der Waals surface area (Å²) in [6.45, 7) is 3.28. The van der Waals surface area contributed by atoms with Crippen LogP contribution in [0.4, 0.5) is 8.78 Å². The molecule has 0 fully saturated rings. The van der Waals surface area contributed by atoms with Crippen LogP contribution in [0.2, 0.25) is 0 Å². The van der Waals surface area contributed by atoms with Gasteiger partial charge in [0, 0.05) is 11.6 Å². The van der Waals surface area contributed by atoms with Crippen molar-refractivity contribution in [1.29, 1.82) is 5.26 Å². The standard InChI is InChI=1S/C16H14F2N2O/c1-9-6-16(11(10(2)20)7-14(9)18)21-15-5-3-4-13(17)12(15)8-19/h3-7,10H,20H2,1-2H3. The zero-order chi connectivity index (χ0) is 15.6. The first-order chi connectivity index (χ1) is 9.93. The molecule has 0 saturated heterocycles. The van der Waals surface area contributed by atoms with E-state index in [1.54, 1.807) is 19.9 Å². The van der Waals surface area contributed by atoms with Crippen molar-refractivity contribution in [3.8, 4) is 17.6 Å². The zero-order valence-corrected chi connectivity index (χ0v) is 11.7. The van der Waals surface area contributed by atoms with Crippen LogP contribution in [0.3, 0.4) is 0 Å². The molecule has 2 N–H and O–H groups in total. The molecule has 2 rings (SSSR count). The number of benzene rings is 2. The summed E-state index contributed by atoms with van der Waals surface area (Å²) in [6.07, 6.45) is 0. The molecule has 0 amide bonds. The Bertz CT molecular complexity index is 721. The lowest BCUT2D eigenvalue weighted by Gasteiger charge is -2.16. The normalized spacial score (nSPS) is 11.8. The molecular formula is C16H14F2N2O. The highest BCUT2D eigenvalue weighted by Gasteiger charge is 2.16. The largest absolute Gasteiger partial charge is 0.456 e. The van der Waals surface area contributed by atoms with E-state index < -0.39 is 17.7 Å². The van der Waals surface area contributed by atoms with E-state index in [1.165, 1.54) is 30.3 Å². The van der Waals surface area contributed by atoms with Gasteiger partial charge in [0.1, 0.15) is 34.8 Å². The van der Waals surface area contributed by atoms with Crippen molar-refractivity contribution in [2.24, 2.45) is 5.73 Å². The van der Waals surface area contributed by atoms with E-state index in [0.717, 1.165) is 0 Å². The third-order valence-corrected chi connectivity index (χ3v) is 3.09. The second kappa shape index (κ2) is 5.90. The first-order valence-corrected chi connectivity index (χ1v) is 6.36. The Kier molecular flexibility index (Phi) is 4.20. The number of hydrogen-bond acceptors (Lipinski definition) is 3. The van der Waals surface area contributed by atoms with Gasteiger partial charge in [0.2, 0.25) is 0 Å². The van der Waals surface area contributed by atoms with Crippen molar-refractivity contribution in [1.82, 2.24) is 0 Å². The molecule has 0 bridgehead atoms. The fraction of sp³-hybridized carbons (Fsp3) is 0.188. The maximum atomic E-state index is 13.6. The Morgan fingerprint density at radius 3 is 2.52 bits per heavy atom. The minimum Gasteiger partial charge on any atom is -0.456 e. The highest BCUT2D eigenvalue weighted by molar-refractivity contribution is 5.48. The van der Waals surface area contributed by atoms with Crippen molar-refractivity contribution in [2.45, 2.75) is 19.9 Å². The van der Waals surface area contributed by atoms with Gasteiger partial charge in [0.05, 0.1) is 0 Å². The molecule has 2 aromatic rings. The molecule has 0 aromatic heterocycles. The second-order valence-corrected chi connectivity index (χ2v) is 4.75. The number of nitriles is 1. The van der Waals surface area contributed by atoms with Crippen LogP contribution in [-0.2, 0) is 0 Å². The van der Waals surface area contributed by atoms with E-state index in [1.807, 2.05) is 0 Å². The molecule has 3 nitrogen and oxygen atoms in total. The van der Waals surface area contributed by atoms with Gasteiger partial charge in [-0.2, -0.15) is 5.26 Å². The Hall–Kier alpha value is -2.45. The quantitative estimate of drug-likeness (QED) is 0.930. The molecule has 0 saturated carbocycles. The molecule has 0 spiro atoms. The molecule has 0 aliphatic heterocycles. The van der Waals surface area contributed by atoms with E-state index in [2.05, 4.69) is 0 Å². The molecule has 0 aliphatic rings. The minimum atomic E-state index is -0.670.